The predicted molar refractivity (Wildman–Crippen MR) is 97.9 cm³/mol. The number of aromatic nitrogens is 2. The van der Waals surface area contributed by atoms with Crippen LogP contribution in [0.5, 0.6) is 0 Å². The monoisotopic (exact) mass is 375 g/mol. The number of hydrogen-bond acceptors (Lipinski definition) is 4. The Morgan fingerprint density at radius 3 is 2.52 bits per heavy atom. The zero-order valence-corrected chi connectivity index (χ0v) is 14.9. The topological polar surface area (TPSA) is 68.0 Å². The number of aryl methyl sites for hydroxylation is 1. The van der Waals surface area contributed by atoms with Gasteiger partial charge < -0.3 is 4.42 Å². The van der Waals surface area contributed by atoms with Crippen molar-refractivity contribution in [2.45, 2.75) is 19.8 Å². The van der Waals surface area contributed by atoms with Crippen molar-refractivity contribution >= 4 is 35.1 Å². The van der Waals surface area contributed by atoms with E-state index in [1.165, 1.54) is 5.56 Å². The highest BCUT2D eigenvalue weighted by Gasteiger charge is 2.14. The third-order valence-corrected chi connectivity index (χ3v) is 4.19. The van der Waals surface area contributed by atoms with Gasteiger partial charge in [-0.15, -0.1) is 5.10 Å². The van der Waals surface area contributed by atoms with Gasteiger partial charge in [-0.2, -0.15) is 0 Å². The van der Waals surface area contributed by atoms with Crippen molar-refractivity contribution < 1.29 is 9.21 Å². The molecule has 0 bridgehead atoms. The zero-order valence-electron chi connectivity index (χ0n) is 13.4. The Labute approximate surface area is 155 Å². The summed E-state index contributed by atoms with van der Waals surface area (Å²) in [5.41, 5.74) is 2.65. The third kappa shape index (κ3) is 4.38. The molecule has 0 aliphatic rings. The second-order valence-electron chi connectivity index (χ2n) is 5.43. The Hall–Kier alpha value is -2.37. The van der Waals surface area contributed by atoms with Crippen LogP contribution in [0.25, 0.3) is 11.5 Å². The van der Waals surface area contributed by atoms with Crippen molar-refractivity contribution in [3.05, 3.63) is 63.6 Å². The summed E-state index contributed by atoms with van der Waals surface area (Å²) >= 11 is 12.1. The van der Waals surface area contributed by atoms with Crippen molar-refractivity contribution in [3.63, 3.8) is 0 Å². The predicted octanol–water partition coefficient (Wildman–Crippen LogP) is 4.79. The number of amides is 1. The molecule has 0 atom stereocenters. The van der Waals surface area contributed by atoms with Crippen molar-refractivity contribution in [2.24, 2.45) is 0 Å². The maximum absolute atomic E-state index is 12.1. The van der Waals surface area contributed by atoms with Crippen LogP contribution in [0.4, 0.5) is 6.01 Å². The molecular formula is C18H15Cl2N3O2. The van der Waals surface area contributed by atoms with Crippen molar-refractivity contribution in [3.8, 4) is 11.5 Å². The molecule has 3 aromatic rings. The van der Waals surface area contributed by atoms with Gasteiger partial charge in [0.05, 0.1) is 17.0 Å². The van der Waals surface area contributed by atoms with Crippen LogP contribution in [0.3, 0.4) is 0 Å². The minimum absolute atomic E-state index is 0.0150. The number of halogens is 2. The lowest BCUT2D eigenvalue weighted by molar-refractivity contribution is -0.115. The number of nitrogens with one attached hydrogen (secondary N) is 1. The Morgan fingerprint density at radius 1 is 1.08 bits per heavy atom. The Balaban J connectivity index is 1.68. The Morgan fingerprint density at radius 2 is 1.80 bits per heavy atom. The van der Waals surface area contributed by atoms with Crippen LogP contribution >= 0.6 is 23.2 Å². The highest BCUT2D eigenvalue weighted by atomic mass is 35.5. The van der Waals surface area contributed by atoms with E-state index in [4.69, 9.17) is 27.6 Å². The average molecular weight is 376 g/mol. The minimum Gasteiger partial charge on any atom is -0.403 e. The molecule has 1 heterocycles. The molecule has 0 unspecified atom stereocenters. The SMILES string of the molecule is CCc1ccc(CC(=O)Nc2nnc(-c3cc(Cl)ccc3Cl)o2)cc1. The lowest BCUT2D eigenvalue weighted by Crippen LogP contribution is -2.14. The van der Waals surface area contributed by atoms with Crippen LogP contribution in [-0.4, -0.2) is 16.1 Å². The maximum Gasteiger partial charge on any atom is 0.322 e. The number of benzene rings is 2. The number of nitrogens with zero attached hydrogens (tertiary/aromatic N) is 2. The number of rotatable bonds is 5. The van der Waals surface area contributed by atoms with E-state index in [9.17, 15) is 4.79 Å². The molecule has 7 heteroatoms. The molecule has 5 nitrogen and oxygen atoms in total. The van der Waals surface area contributed by atoms with E-state index in [2.05, 4.69) is 22.4 Å². The summed E-state index contributed by atoms with van der Waals surface area (Å²) in [5, 5.41) is 11.2. The lowest BCUT2D eigenvalue weighted by Gasteiger charge is -2.03. The standard InChI is InChI=1S/C18H15Cl2N3O2/c1-2-11-3-5-12(6-4-11)9-16(24)21-18-23-22-17(25-18)14-10-13(19)7-8-15(14)20/h3-8,10H,2,9H2,1H3,(H,21,23,24). The fourth-order valence-electron chi connectivity index (χ4n) is 2.29. The molecule has 3 rings (SSSR count). The van der Waals surface area contributed by atoms with Gasteiger partial charge in [0, 0.05) is 5.02 Å². The van der Waals surface area contributed by atoms with Gasteiger partial charge in [0.2, 0.25) is 5.91 Å². The third-order valence-electron chi connectivity index (χ3n) is 3.63. The molecule has 25 heavy (non-hydrogen) atoms. The molecule has 2 aromatic carbocycles. The van der Waals surface area contributed by atoms with Crippen LogP contribution in [-0.2, 0) is 17.6 Å². The molecular weight excluding hydrogens is 361 g/mol. The van der Waals surface area contributed by atoms with E-state index < -0.39 is 0 Å². The molecule has 1 aromatic heterocycles. The summed E-state index contributed by atoms with van der Waals surface area (Å²) in [4.78, 5) is 12.1. The Bertz CT molecular complexity index is 892. The normalized spacial score (nSPS) is 10.7. The van der Waals surface area contributed by atoms with Gasteiger partial charge in [-0.05, 0) is 35.7 Å². The van der Waals surface area contributed by atoms with Gasteiger partial charge in [-0.1, -0.05) is 59.5 Å². The second kappa shape index (κ2) is 7.68. The molecule has 0 spiro atoms. The fraction of sp³-hybridized carbons (Fsp3) is 0.167. The first-order valence-corrected chi connectivity index (χ1v) is 8.47. The van der Waals surface area contributed by atoms with E-state index in [1.54, 1.807) is 18.2 Å². The molecule has 1 N–H and O–H groups in total. The van der Waals surface area contributed by atoms with Crippen molar-refractivity contribution in [2.75, 3.05) is 5.32 Å². The summed E-state index contributed by atoms with van der Waals surface area (Å²) < 4.78 is 5.45. The van der Waals surface area contributed by atoms with E-state index >= 15 is 0 Å². The molecule has 0 saturated heterocycles. The first-order valence-electron chi connectivity index (χ1n) is 7.71. The highest BCUT2D eigenvalue weighted by Crippen LogP contribution is 2.30. The van der Waals surface area contributed by atoms with Crippen LogP contribution < -0.4 is 5.32 Å². The molecule has 0 radical (unpaired) electrons. The number of carbonyl (C=O) groups excluding carboxylic acids is 1. The molecule has 128 valence electrons. The van der Waals surface area contributed by atoms with Crippen molar-refractivity contribution in [1.29, 1.82) is 0 Å². The number of anilines is 1. The Kier molecular flexibility index (Phi) is 5.36. The van der Waals surface area contributed by atoms with Crippen LogP contribution in [0.2, 0.25) is 10.0 Å². The van der Waals surface area contributed by atoms with Gasteiger partial charge >= 0.3 is 6.01 Å². The van der Waals surface area contributed by atoms with E-state index in [1.807, 2.05) is 24.3 Å². The first-order chi connectivity index (χ1) is 12.0. The quantitative estimate of drug-likeness (QED) is 0.695. The number of hydrogen-bond donors (Lipinski definition) is 1. The molecule has 0 saturated carbocycles. The minimum atomic E-state index is -0.239. The van der Waals surface area contributed by atoms with Gasteiger partial charge in [0.15, 0.2) is 0 Å². The summed E-state index contributed by atoms with van der Waals surface area (Å²) in [7, 11) is 0. The summed E-state index contributed by atoms with van der Waals surface area (Å²) in [5.74, 6) is -0.0493. The largest absolute Gasteiger partial charge is 0.403 e. The van der Waals surface area contributed by atoms with Crippen LogP contribution in [0, 0.1) is 0 Å². The highest BCUT2D eigenvalue weighted by molar-refractivity contribution is 6.35. The van der Waals surface area contributed by atoms with Gasteiger partial charge in [-0.25, -0.2) is 0 Å². The molecule has 0 aliphatic heterocycles. The second-order valence-corrected chi connectivity index (χ2v) is 6.28. The average Bonchev–Trinajstić information content (AvgIpc) is 3.05. The maximum atomic E-state index is 12.1. The van der Waals surface area contributed by atoms with Gasteiger partial charge in [-0.3, -0.25) is 10.1 Å². The van der Waals surface area contributed by atoms with Crippen molar-refractivity contribution in [1.82, 2.24) is 10.2 Å². The lowest BCUT2D eigenvalue weighted by atomic mass is 10.1. The summed E-state index contributed by atoms with van der Waals surface area (Å²) in [6.45, 7) is 2.08. The first kappa shape index (κ1) is 17.5. The van der Waals surface area contributed by atoms with E-state index in [0.717, 1.165) is 12.0 Å². The summed E-state index contributed by atoms with van der Waals surface area (Å²) in [6, 6.07) is 12.8. The van der Waals surface area contributed by atoms with E-state index in [-0.39, 0.29) is 24.2 Å². The van der Waals surface area contributed by atoms with Gasteiger partial charge in [0.1, 0.15) is 0 Å². The summed E-state index contributed by atoms with van der Waals surface area (Å²) in [6.07, 6.45) is 1.18. The van der Waals surface area contributed by atoms with Crippen LogP contribution in [0.1, 0.15) is 18.1 Å². The van der Waals surface area contributed by atoms with E-state index in [0.29, 0.717) is 15.6 Å². The molecule has 0 fully saturated rings. The zero-order chi connectivity index (χ0) is 17.8. The van der Waals surface area contributed by atoms with Gasteiger partial charge in [0.25, 0.3) is 5.89 Å². The molecule has 0 aliphatic carbocycles. The van der Waals surface area contributed by atoms with Crippen LogP contribution in [0.15, 0.2) is 46.9 Å². The fourth-order valence-corrected chi connectivity index (χ4v) is 2.66. The number of carbonyl (C=O) groups is 1. The molecule has 1 amide bonds. The smallest absolute Gasteiger partial charge is 0.322 e.